The van der Waals surface area contributed by atoms with Crippen LogP contribution in [0.2, 0.25) is 0 Å². The molecule has 2 aliphatic rings. The highest BCUT2D eigenvalue weighted by molar-refractivity contribution is 6.21. The maximum Gasteiger partial charge on any atom is 0.338 e. The zero-order chi connectivity index (χ0) is 19.7. The van der Waals surface area contributed by atoms with E-state index in [1.807, 2.05) is 0 Å². The number of ether oxygens (including phenoxy) is 1. The van der Waals surface area contributed by atoms with Gasteiger partial charge in [0, 0.05) is 18.7 Å². The molecule has 2 aromatic carbocycles. The van der Waals surface area contributed by atoms with Gasteiger partial charge in [0.15, 0.2) is 0 Å². The van der Waals surface area contributed by atoms with Gasteiger partial charge in [-0.25, -0.2) is 4.79 Å². The number of amides is 3. The first-order valence-electron chi connectivity index (χ1n) is 9.09. The number of fused-ring (bicyclic) bond motifs is 1. The smallest absolute Gasteiger partial charge is 0.338 e. The molecule has 28 heavy (non-hydrogen) atoms. The molecule has 0 aromatic heterocycles. The molecule has 3 amide bonds. The molecule has 0 atom stereocenters. The van der Waals surface area contributed by atoms with E-state index in [0.717, 1.165) is 17.0 Å². The summed E-state index contributed by atoms with van der Waals surface area (Å²) < 4.78 is 5.21. The quantitative estimate of drug-likeness (QED) is 0.589. The van der Waals surface area contributed by atoms with Crippen LogP contribution in [0.5, 0.6) is 0 Å². The lowest BCUT2D eigenvalue weighted by molar-refractivity contribution is -0.117. The van der Waals surface area contributed by atoms with Gasteiger partial charge in [-0.2, -0.15) is 0 Å². The first kappa shape index (κ1) is 17.9. The Morgan fingerprint density at radius 2 is 1.57 bits per heavy atom. The number of carbonyl (C=O) groups excluding carboxylic acids is 4. The summed E-state index contributed by atoms with van der Waals surface area (Å²) in [4.78, 5) is 51.3. The Morgan fingerprint density at radius 1 is 0.929 bits per heavy atom. The lowest BCUT2D eigenvalue weighted by Crippen LogP contribution is -2.33. The van der Waals surface area contributed by atoms with Crippen LogP contribution in [0.1, 0.15) is 43.9 Å². The summed E-state index contributed by atoms with van der Waals surface area (Å²) in [6, 6.07) is 13.2. The van der Waals surface area contributed by atoms with E-state index in [0.29, 0.717) is 29.7 Å². The van der Waals surface area contributed by atoms with Gasteiger partial charge in [0.1, 0.15) is 6.61 Å². The molecule has 7 nitrogen and oxygen atoms in total. The molecule has 0 saturated carbocycles. The Bertz CT molecular complexity index is 932. The molecule has 0 spiro atoms. The molecule has 0 N–H and O–H groups in total. The van der Waals surface area contributed by atoms with Gasteiger partial charge in [0.25, 0.3) is 11.8 Å². The Hall–Kier alpha value is -3.48. The molecule has 0 bridgehead atoms. The van der Waals surface area contributed by atoms with E-state index in [9.17, 15) is 19.2 Å². The van der Waals surface area contributed by atoms with Gasteiger partial charge in [0.2, 0.25) is 5.91 Å². The summed E-state index contributed by atoms with van der Waals surface area (Å²) in [5.41, 5.74) is 1.83. The summed E-state index contributed by atoms with van der Waals surface area (Å²) in [5, 5.41) is 0. The number of imide groups is 1. The standard InChI is InChI=1S/C21H18N2O5/c24-18-6-3-11-22(18)15-9-7-14(8-10-15)21(27)28-13-12-23-19(25)16-4-1-2-5-17(16)20(23)26/h1-2,4-5,7-10H,3,6,11-13H2. The fourth-order valence-electron chi connectivity index (χ4n) is 3.45. The fraction of sp³-hybridized carbons (Fsp3) is 0.238. The largest absolute Gasteiger partial charge is 0.460 e. The third-order valence-corrected chi connectivity index (χ3v) is 4.91. The van der Waals surface area contributed by atoms with Crippen LogP contribution >= 0.6 is 0 Å². The number of hydrogen-bond acceptors (Lipinski definition) is 5. The number of benzene rings is 2. The van der Waals surface area contributed by atoms with Crippen LogP contribution in [-0.2, 0) is 9.53 Å². The van der Waals surface area contributed by atoms with E-state index in [-0.39, 0.29) is 30.9 Å². The summed E-state index contributed by atoms with van der Waals surface area (Å²) in [6.07, 6.45) is 1.38. The highest BCUT2D eigenvalue weighted by atomic mass is 16.5. The Labute approximate surface area is 161 Å². The first-order chi connectivity index (χ1) is 13.6. The van der Waals surface area contributed by atoms with Crippen LogP contribution in [0.3, 0.4) is 0 Å². The second kappa shape index (κ2) is 7.26. The Balaban J connectivity index is 1.33. The number of esters is 1. The van der Waals surface area contributed by atoms with E-state index < -0.39 is 5.97 Å². The average Bonchev–Trinajstić information content (AvgIpc) is 3.25. The molecule has 7 heteroatoms. The van der Waals surface area contributed by atoms with Crippen LogP contribution in [0.25, 0.3) is 0 Å². The van der Waals surface area contributed by atoms with Gasteiger partial charge in [-0.3, -0.25) is 19.3 Å². The van der Waals surface area contributed by atoms with Gasteiger partial charge in [0.05, 0.1) is 23.2 Å². The van der Waals surface area contributed by atoms with Crippen molar-refractivity contribution in [2.24, 2.45) is 0 Å². The Kier molecular flexibility index (Phi) is 4.65. The third kappa shape index (κ3) is 3.15. The third-order valence-electron chi connectivity index (χ3n) is 4.91. The molecule has 2 aliphatic heterocycles. The number of rotatable bonds is 5. The lowest BCUT2D eigenvalue weighted by Gasteiger charge is -2.16. The van der Waals surface area contributed by atoms with Crippen LogP contribution in [0.4, 0.5) is 5.69 Å². The maximum atomic E-state index is 12.3. The molecule has 1 saturated heterocycles. The SMILES string of the molecule is O=C(OCCN1C(=O)c2ccccc2C1=O)c1ccc(N2CCCC2=O)cc1. The molecule has 2 aromatic rings. The topological polar surface area (TPSA) is 84.0 Å². The second-order valence-electron chi connectivity index (χ2n) is 6.64. The predicted molar refractivity (Wildman–Crippen MR) is 100 cm³/mol. The number of carbonyl (C=O) groups is 4. The van der Waals surface area contributed by atoms with Crippen molar-refractivity contribution in [1.29, 1.82) is 0 Å². The zero-order valence-corrected chi connectivity index (χ0v) is 15.1. The van der Waals surface area contributed by atoms with Crippen molar-refractivity contribution in [3.63, 3.8) is 0 Å². The predicted octanol–water partition coefficient (Wildman–Crippen LogP) is 2.27. The summed E-state index contributed by atoms with van der Waals surface area (Å²) in [6.45, 7) is 0.595. The van der Waals surface area contributed by atoms with Crippen molar-refractivity contribution >= 4 is 29.4 Å². The van der Waals surface area contributed by atoms with Crippen LogP contribution in [-0.4, -0.2) is 48.3 Å². The van der Waals surface area contributed by atoms with Crippen molar-refractivity contribution in [2.45, 2.75) is 12.8 Å². The normalized spacial score (nSPS) is 15.9. The van der Waals surface area contributed by atoms with Gasteiger partial charge < -0.3 is 9.64 Å². The highest BCUT2D eigenvalue weighted by Crippen LogP contribution is 2.23. The molecular formula is C21H18N2O5. The van der Waals surface area contributed by atoms with Gasteiger partial charge in [-0.15, -0.1) is 0 Å². The van der Waals surface area contributed by atoms with Crippen molar-refractivity contribution in [1.82, 2.24) is 4.90 Å². The van der Waals surface area contributed by atoms with Crippen LogP contribution in [0.15, 0.2) is 48.5 Å². The Morgan fingerprint density at radius 3 is 2.14 bits per heavy atom. The molecule has 142 valence electrons. The maximum absolute atomic E-state index is 12.3. The zero-order valence-electron chi connectivity index (χ0n) is 15.1. The minimum atomic E-state index is -0.545. The van der Waals surface area contributed by atoms with Gasteiger partial charge >= 0.3 is 5.97 Å². The molecule has 2 heterocycles. The summed E-state index contributed by atoms with van der Waals surface area (Å²) in [5.74, 6) is -1.22. The average molecular weight is 378 g/mol. The second-order valence-corrected chi connectivity index (χ2v) is 6.64. The van der Waals surface area contributed by atoms with Crippen LogP contribution in [0, 0.1) is 0 Å². The van der Waals surface area contributed by atoms with E-state index in [2.05, 4.69) is 0 Å². The van der Waals surface area contributed by atoms with E-state index in [1.165, 1.54) is 0 Å². The van der Waals surface area contributed by atoms with E-state index in [4.69, 9.17) is 4.74 Å². The van der Waals surface area contributed by atoms with Crippen LogP contribution < -0.4 is 4.90 Å². The van der Waals surface area contributed by atoms with Crippen molar-refractivity contribution < 1.29 is 23.9 Å². The monoisotopic (exact) mass is 378 g/mol. The van der Waals surface area contributed by atoms with Gasteiger partial charge in [-0.05, 0) is 42.8 Å². The molecular weight excluding hydrogens is 360 g/mol. The summed E-state index contributed by atoms with van der Waals surface area (Å²) in [7, 11) is 0. The first-order valence-corrected chi connectivity index (χ1v) is 9.09. The number of anilines is 1. The number of nitrogens with zero attached hydrogens (tertiary/aromatic N) is 2. The molecule has 0 aliphatic carbocycles. The fourth-order valence-corrected chi connectivity index (χ4v) is 3.45. The molecule has 1 fully saturated rings. The minimum Gasteiger partial charge on any atom is -0.460 e. The van der Waals surface area contributed by atoms with E-state index >= 15 is 0 Å². The molecule has 0 radical (unpaired) electrons. The van der Waals surface area contributed by atoms with Gasteiger partial charge in [-0.1, -0.05) is 12.1 Å². The van der Waals surface area contributed by atoms with E-state index in [1.54, 1.807) is 53.4 Å². The highest BCUT2D eigenvalue weighted by Gasteiger charge is 2.34. The van der Waals surface area contributed by atoms with Crippen molar-refractivity contribution in [3.8, 4) is 0 Å². The lowest BCUT2D eigenvalue weighted by atomic mass is 10.1. The number of hydrogen-bond donors (Lipinski definition) is 0. The summed E-state index contributed by atoms with van der Waals surface area (Å²) >= 11 is 0. The minimum absolute atomic E-state index is 0.00154. The van der Waals surface area contributed by atoms with Crippen molar-refractivity contribution in [2.75, 3.05) is 24.6 Å². The van der Waals surface area contributed by atoms with Crippen molar-refractivity contribution in [3.05, 3.63) is 65.2 Å². The molecule has 0 unspecified atom stereocenters. The molecule has 4 rings (SSSR count).